The Hall–Kier alpha value is -3.07. The van der Waals surface area contributed by atoms with Crippen LogP contribution in [0.4, 0.5) is 0 Å². The van der Waals surface area contributed by atoms with Crippen LogP contribution < -0.4 is 33.2 Å². The quantitative estimate of drug-likeness (QED) is 0.0497. The van der Waals surface area contributed by atoms with Crippen molar-refractivity contribution < 1.29 is 34.2 Å². The second-order valence-corrected chi connectivity index (χ2v) is 6.71. The highest BCUT2D eigenvalue weighted by Crippen LogP contribution is 2.04. The molecule has 3 atom stereocenters. The molecule has 3 unspecified atom stereocenters. The van der Waals surface area contributed by atoms with Crippen LogP contribution in [0.25, 0.3) is 0 Å². The fourth-order valence-electron chi connectivity index (χ4n) is 2.29. The van der Waals surface area contributed by atoms with Gasteiger partial charge in [-0.2, -0.15) is 12.6 Å². The van der Waals surface area contributed by atoms with E-state index in [-0.39, 0.29) is 44.1 Å². The minimum atomic E-state index is -1.47. The maximum Gasteiger partial charge on any atom is 0.326 e. The van der Waals surface area contributed by atoms with Gasteiger partial charge in [0.1, 0.15) is 18.1 Å². The molecule has 0 aromatic heterocycles. The van der Waals surface area contributed by atoms with Gasteiger partial charge in [0, 0.05) is 18.7 Å². The normalized spacial score (nSPS) is 13.2. The maximum atomic E-state index is 12.6. The number of rotatable bonds is 15. The first-order valence-electron chi connectivity index (χ1n) is 9.22. The van der Waals surface area contributed by atoms with E-state index in [4.69, 9.17) is 22.3 Å². The number of thiol groups is 1. The van der Waals surface area contributed by atoms with Gasteiger partial charge in [-0.25, -0.2) is 4.79 Å². The Morgan fingerprint density at radius 3 is 1.97 bits per heavy atom. The van der Waals surface area contributed by atoms with Crippen LogP contribution >= 0.6 is 12.6 Å². The summed E-state index contributed by atoms with van der Waals surface area (Å²) in [4.78, 5) is 62.3. The summed E-state index contributed by atoms with van der Waals surface area (Å²) in [6.45, 7) is -0.215. The van der Waals surface area contributed by atoms with E-state index in [1.165, 1.54) is 0 Å². The van der Waals surface area contributed by atoms with Crippen LogP contribution in [0.2, 0.25) is 0 Å². The van der Waals surface area contributed by atoms with Crippen LogP contribution in [0.5, 0.6) is 0 Å². The van der Waals surface area contributed by atoms with Gasteiger partial charge < -0.3 is 43.4 Å². The van der Waals surface area contributed by atoms with Crippen molar-refractivity contribution >= 4 is 48.2 Å². The van der Waals surface area contributed by atoms with Crippen LogP contribution in [0, 0.1) is 0 Å². The minimum Gasteiger partial charge on any atom is -0.481 e. The average molecular weight is 464 g/mol. The number of nitrogens with two attached hydrogens (primary N) is 3. The molecule has 0 aliphatic rings. The molecule has 0 aromatic rings. The zero-order valence-corrected chi connectivity index (χ0v) is 17.6. The third-order valence-electron chi connectivity index (χ3n) is 3.86. The summed E-state index contributed by atoms with van der Waals surface area (Å²) in [6.07, 6.45) is -0.546. The van der Waals surface area contributed by atoms with Crippen molar-refractivity contribution in [3.63, 3.8) is 0 Å². The summed E-state index contributed by atoms with van der Waals surface area (Å²) >= 11 is 3.98. The molecular weight excluding hydrogens is 434 g/mol. The van der Waals surface area contributed by atoms with Gasteiger partial charge in [-0.15, -0.1) is 0 Å². The van der Waals surface area contributed by atoms with Crippen molar-refractivity contribution in [2.45, 2.75) is 43.8 Å². The van der Waals surface area contributed by atoms with E-state index in [1.54, 1.807) is 0 Å². The summed E-state index contributed by atoms with van der Waals surface area (Å²) in [5.74, 6) is -5.10. The lowest BCUT2D eigenvalue weighted by molar-refractivity contribution is -0.143. The summed E-state index contributed by atoms with van der Waals surface area (Å²) in [5, 5.41) is 24.9. The van der Waals surface area contributed by atoms with E-state index in [0.717, 1.165) is 0 Å². The lowest BCUT2D eigenvalue weighted by Crippen LogP contribution is -2.56. The molecule has 0 saturated heterocycles. The number of aliphatic imine (C=N–C) groups is 1. The molecule has 31 heavy (non-hydrogen) atoms. The number of guanidine groups is 1. The molecule has 0 radical (unpaired) electrons. The van der Waals surface area contributed by atoms with Crippen molar-refractivity contribution in [3.8, 4) is 0 Å². The Labute approximate surface area is 183 Å². The fourth-order valence-corrected chi connectivity index (χ4v) is 2.55. The topological polar surface area (TPSA) is 252 Å². The summed E-state index contributed by atoms with van der Waals surface area (Å²) < 4.78 is 0. The molecule has 0 heterocycles. The van der Waals surface area contributed by atoms with Gasteiger partial charge >= 0.3 is 11.9 Å². The van der Waals surface area contributed by atoms with E-state index in [9.17, 15) is 29.1 Å². The van der Waals surface area contributed by atoms with Crippen molar-refractivity contribution in [2.75, 3.05) is 18.8 Å². The standard InChI is InChI=1S/C16H29N7O7S/c17-6-11(24)21-10(7-31)14(28)22-8(2-1-5-20-16(18)19)13(27)23-9(15(29)30)3-4-12(25)26/h8-10,31H,1-7,17H2,(H,21,24)(H,22,28)(H,23,27)(H,25,26)(H,29,30)(H4,18,19,20). The molecule has 0 aliphatic heterocycles. The number of hydrogen-bond donors (Lipinski definition) is 9. The van der Waals surface area contributed by atoms with Gasteiger partial charge in [0.05, 0.1) is 6.54 Å². The van der Waals surface area contributed by atoms with Crippen molar-refractivity contribution in [1.82, 2.24) is 16.0 Å². The molecule has 11 N–H and O–H groups in total. The van der Waals surface area contributed by atoms with Crippen LogP contribution in [0.15, 0.2) is 4.99 Å². The second kappa shape index (κ2) is 14.8. The SMILES string of the molecule is NCC(=O)NC(CS)C(=O)NC(CCCN=C(N)N)C(=O)NC(CCC(=O)O)C(=O)O. The molecule has 0 saturated carbocycles. The van der Waals surface area contributed by atoms with Gasteiger partial charge in [-0.05, 0) is 19.3 Å². The van der Waals surface area contributed by atoms with E-state index >= 15 is 0 Å². The third-order valence-corrected chi connectivity index (χ3v) is 4.22. The first kappa shape index (κ1) is 27.9. The Balaban J connectivity index is 5.31. The number of carboxylic acids is 2. The largest absolute Gasteiger partial charge is 0.481 e. The lowest BCUT2D eigenvalue weighted by atomic mass is 10.1. The Kier molecular flexibility index (Phi) is 13.4. The fraction of sp³-hybridized carbons (Fsp3) is 0.625. The Bertz CT molecular complexity index is 685. The maximum absolute atomic E-state index is 12.6. The van der Waals surface area contributed by atoms with E-state index < -0.39 is 54.2 Å². The molecule has 3 amide bonds. The molecule has 0 spiro atoms. The molecular formula is C16H29N7O7S. The first-order chi connectivity index (χ1) is 14.5. The molecule has 0 fully saturated rings. The van der Waals surface area contributed by atoms with E-state index in [2.05, 4.69) is 33.6 Å². The zero-order valence-electron chi connectivity index (χ0n) is 16.7. The third kappa shape index (κ3) is 12.3. The predicted molar refractivity (Wildman–Crippen MR) is 113 cm³/mol. The minimum absolute atomic E-state index is 0.0315. The van der Waals surface area contributed by atoms with Crippen LogP contribution in [0.3, 0.4) is 0 Å². The van der Waals surface area contributed by atoms with E-state index in [0.29, 0.717) is 0 Å². The van der Waals surface area contributed by atoms with Gasteiger partial charge in [-0.3, -0.25) is 24.2 Å². The number of carbonyl (C=O) groups excluding carboxylic acids is 3. The number of nitrogens with one attached hydrogen (secondary N) is 3. The molecule has 14 nitrogen and oxygen atoms in total. The van der Waals surface area contributed by atoms with Crippen molar-refractivity contribution in [1.29, 1.82) is 0 Å². The highest BCUT2D eigenvalue weighted by Gasteiger charge is 2.29. The molecule has 15 heteroatoms. The van der Waals surface area contributed by atoms with E-state index in [1.807, 2.05) is 0 Å². The van der Waals surface area contributed by atoms with Crippen LogP contribution in [-0.2, 0) is 24.0 Å². The molecule has 0 rings (SSSR count). The highest BCUT2D eigenvalue weighted by molar-refractivity contribution is 7.80. The highest BCUT2D eigenvalue weighted by atomic mass is 32.1. The Morgan fingerprint density at radius 1 is 0.903 bits per heavy atom. The van der Waals surface area contributed by atoms with Gasteiger partial charge in [0.2, 0.25) is 17.7 Å². The summed E-state index contributed by atoms with van der Waals surface area (Å²) in [5.41, 5.74) is 15.7. The number of hydrogen-bond acceptors (Lipinski definition) is 8. The van der Waals surface area contributed by atoms with Crippen molar-refractivity contribution in [3.05, 3.63) is 0 Å². The number of nitrogens with zero attached hydrogens (tertiary/aromatic N) is 1. The van der Waals surface area contributed by atoms with Crippen LogP contribution in [0.1, 0.15) is 25.7 Å². The molecule has 0 aromatic carbocycles. The van der Waals surface area contributed by atoms with Gasteiger partial charge in [0.25, 0.3) is 0 Å². The van der Waals surface area contributed by atoms with Crippen molar-refractivity contribution in [2.24, 2.45) is 22.2 Å². The second-order valence-electron chi connectivity index (χ2n) is 6.35. The number of carbonyl (C=O) groups is 5. The summed E-state index contributed by atoms with van der Waals surface area (Å²) in [7, 11) is 0. The van der Waals surface area contributed by atoms with Gasteiger partial charge in [0.15, 0.2) is 5.96 Å². The van der Waals surface area contributed by atoms with Crippen LogP contribution in [-0.4, -0.2) is 82.8 Å². The molecule has 176 valence electrons. The monoisotopic (exact) mass is 463 g/mol. The zero-order chi connectivity index (χ0) is 24.0. The first-order valence-corrected chi connectivity index (χ1v) is 9.86. The smallest absolute Gasteiger partial charge is 0.326 e. The average Bonchev–Trinajstić information content (AvgIpc) is 2.70. The Morgan fingerprint density at radius 2 is 1.48 bits per heavy atom. The lowest BCUT2D eigenvalue weighted by Gasteiger charge is -2.23. The summed E-state index contributed by atoms with van der Waals surface area (Å²) in [6, 6.07) is -3.77. The predicted octanol–water partition coefficient (Wildman–Crippen LogP) is -3.67. The number of carboxylic acid groups (broad SMARTS) is 2. The molecule has 0 bridgehead atoms. The number of aliphatic carboxylic acids is 2. The molecule has 0 aliphatic carbocycles. The van der Waals surface area contributed by atoms with Gasteiger partial charge in [-0.1, -0.05) is 0 Å². The number of amides is 3.